The van der Waals surface area contributed by atoms with Gasteiger partial charge in [-0.05, 0) is 18.9 Å². The van der Waals surface area contributed by atoms with Gasteiger partial charge in [0.25, 0.3) is 0 Å². The summed E-state index contributed by atoms with van der Waals surface area (Å²) in [6, 6.07) is -0.566. The molecule has 1 unspecified atom stereocenters. The Morgan fingerprint density at radius 2 is 1.85 bits per heavy atom. The van der Waals surface area contributed by atoms with Crippen molar-refractivity contribution in [3.63, 3.8) is 0 Å². The van der Waals surface area contributed by atoms with Gasteiger partial charge in [0.2, 0.25) is 17.7 Å². The first-order valence-corrected chi connectivity index (χ1v) is 8.49. The van der Waals surface area contributed by atoms with Crippen molar-refractivity contribution in [1.82, 2.24) is 20.0 Å². The van der Waals surface area contributed by atoms with Crippen LogP contribution in [-0.4, -0.2) is 90.5 Å². The van der Waals surface area contributed by atoms with Gasteiger partial charge in [0.05, 0.1) is 12.6 Å². The van der Waals surface area contributed by atoms with Gasteiger partial charge in [0.15, 0.2) is 0 Å². The van der Waals surface area contributed by atoms with Gasteiger partial charge in [0.1, 0.15) is 6.54 Å². The lowest BCUT2D eigenvalue weighted by Gasteiger charge is -2.42. The summed E-state index contributed by atoms with van der Waals surface area (Å²) in [5.74, 6) is -1.17. The molecule has 26 heavy (non-hydrogen) atoms. The quantitative estimate of drug-likeness (QED) is 0.685. The summed E-state index contributed by atoms with van der Waals surface area (Å²) in [5.41, 5.74) is 0. The Balaban J connectivity index is 1.85. The molecule has 146 valence electrons. The number of amides is 3. The normalized spacial score (nSPS) is 22.3. The van der Waals surface area contributed by atoms with Crippen LogP contribution in [0.25, 0.3) is 0 Å². The van der Waals surface area contributed by atoms with E-state index in [0.29, 0.717) is 39.0 Å². The van der Waals surface area contributed by atoms with E-state index in [-0.39, 0.29) is 19.0 Å². The summed E-state index contributed by atoms with van der Waals surface area (Å²) in [4.78, 5) is 39.8. The number of alkyl halides is 3. The van der Waals surface area contributed by atoms with Crippen molar-refractivity contribution in [2.75, 3.05) is 45.8 Å². The van der Waals surface area contributed by atoms with Crippen molar-refractivity contribution in [2.45, 2.75) is 25.1 Å². The number of rotatable bonds is 5. The zero-order chi connectivity index (χ0) is 19.3. The molecular weight excluding hydrogens is 353 g/mol. The van der Waals surface area contributed by atoms with Gasteiger partial charge in [-0.15, -0.1) is 0 Å². The molecule has 2 rings (SSSR count). The second-order valence-corrected chi connectivity index (χ2v) is 6.37. The summed E-state index contributed by atoms with van der Waals surface area (Å²) in [7, 11) is 0. The SMILES string of the molecule is C=CC(=O)NCC(=O)N1CCN(C2CCCN(CC(F)(F)F)C2=O)CC1. The smallest absolute Gasteiger partial charge is 0.343 e. The summed E-state index contributed by atoms with van der Waals surface area (Å²) < 4.78 is 37.8. The first kappa shape index (κ1) is 20.2. The van der Waals surface area contributed by atoms with E-state index in [1.807, 2.05) is 4.90 Å². The van der Waals surface area contributed by atoms with Crippen LogP contribution in [0.3, 0.4) is 0 Å². The Kier molecular flexibility index (Phi) is 6.63. The zero-order valence-corrected chi connectivity index (χ0v) is 14.4. The van der Waals surface area contributed by atoms with Crippen LogP contribution in [0.5, 0.6) is 0 Å². The first-order chi connectivity index (χ1) is 12.2. The van der Waals surface area contributed by atoms with Crippen LogP contribution in [0.1, 0.15) is 12.8 Å². The largest absolute Gasteiger partial charge is 0.406 e. The van der Waals surface area contributed by atoms with Gasteiger partial charge < -0.3 is 15.1 Å². The molecule has 0 bridgehead atoms. The van der Waals surface area contributed by atoms with Gasteiger partial charge in [0, 0.05) is 32.7 Å². The Labute approximate surface area is 149 Å². The van der Waals surface area contributed by atoms with Gasteiger partial charge in [-0.25, -0.2) is 0 Å². The van der Waals surface area contributed by atoms with Crippen LogP contribution < -0.4 is 5.32 Å². The molecule has 0 aromatic rings. The molecule has 0 saturated carbocycles. The maximum Gasteiger partial charge on any atom is 0.406 e. The molecule has 1 atom stereocenters. The van der Waals surface area contributed by atoms with E-state index in [9.17, 15) is 27.6 Å². The minimum absolute atomic E-state index is 0.121. The van der Waals surface area contributed by atoms with Crippen LogP contribution in [0.15, 0.2) is 12.7 Å². The Morgan fingerprint density at radius 1 is 1.19 bits per heavy atom. The molecule has 0 aliphatic carbocycles. The molecule has 2 aliphatic rings. The lowest BCUT2D eigenvalue weighted by Crippen LogP contribution is -2.59. The summed E-state index contributed by atoms with van der Waals surface area (Å²) in [5, 5.41) is 2.41. The van der Waals surface area contributed by atoms with Crippen molar-refractivity contribution in [3.05, 3.63) is 12.7 Å². The fraction of sp³-hybridized carbons (Fsp3) is 0.688. The third-order valence-electron chi connectivity index (χ3n) is 4.58. The standard InChI is InChI=1S/C16H23F3N4O3/c1-2-13(24)20-10-14(25)22-8-6-21(7-9-22)12-4-3-5-23(15(12)26)11-16(17,18)19/h2,12H,1,3-11H2,(H,20,24). The van der Waals surface area contributed by atoms with E-state index in [1.165, 1.54) is 0 Å². The van der Waals surface area contributed by atoms with Gasteiger partial charge in [-0.2, -0.15) is 13.2 Å². The molecular formula is C16H23F3N4O3. The predicted molar refractivity (Wildman–Crippen MR) is 87.0 cm³/mol. The highest BCUT2D eigenvalue weighted by Gasteiger charge is 2.40. The molecule has 2 aliphatic heterocycles. The lowest BCUT2D eigenvalue weighted by atomic mass is 10.0. The van der Waals surface area contributed by atoms with E-state index >= 15 is 0 Å². The molecule has 1 N–H and O–H groups in total. The van der Waals surface area contributed by atoms with E-state index < -0.39 is 30.6 Å². The Morgan fingerprint density at radius 3 is 2.42 bits per heavy atom. The Hall–Kier alpha value is -2.10. The molecule has 10 heteroatoms. The molecule has 0 spiro atoms. The van der Waals surface area contributed by atoms with Crippen LogP contribution >= 0.6 is 0 Å². The average molecular weight is 376 g/mol. The monoisotopic (exact) mass is 376 g/mol. The van der Waals surface area contributed by atoms with Gasteiger partial charge in [-0.3, -0.25) is 19.3 Å². The first-order valence-electron chi connectivity index (χ1n) is 8.49. The number of piperazine rings is 1. The molecule has 0 radical (unpaired) electrons. The van der Waals surface area contributed by atoms with Crippen molar-refractivity contribution in [1.29, 1.82) is 0 Å². The van der Waals surface area contributed by atoms with E-state index in [1.54, 1.807) is 4.90 Å². The summed E-state index contributed by atoms with van der Waals surface area (Å²) in [6.45, 7) is 3.63. The fourth-order valence-corrected chi connectivity index (χ4v) is 3.26. The van der Waals surface area contributed by atoms with Crippen molar-refractivity contribution in [3.8, 4) is 0 Å². The number of halogens is 3. The molecule has 2 saturated heterocycles. The number of piperidine rings is 1. The zero-order valence-electron chi connectivity index (χ0n) is 14.4. The molecule has 2 heterocycles. The van der Waals surface area contributed by atoms with Gasteiger partial charge >= 0.3 is 6.18 Å². The summed E-state index contributed by atoms with van der Waals surface area (Å²) >= 11 is 0. The van der Waals surface area contributed by atoms with E-state index in [0.717, 1.165) is 11.0 Å². The lowest BCUT2D eigenvalue weighted by molar-refractivity contribution is -0.168. The number of hydrogen-bond acceptors (Lipinski definition) is 4. The molecule has 0 aromatic heterocycles. The third-order valence-corrected chi connectivity index (χ3v) is 4.58. The minimum atomic E-state index is -4.40. The van der Waals surface area contributed by atoms with Crippen LogP contribution in [0.2, 0.25) is 0 Å². The topological polar surface area (TPSA) is 73.0 Å². The average Bonchev–Trinajstić information content (AvgIpc) is 2.60. The van der Waals surface area contributed by atoms with Crippen molar-refractivity contribution >= 4 is 17.7 Å². The summed E-state index contributed by atoms with van der Waals surface area (Å²) in [6.07, 6.45) is -2.28. The van der Waals surface area contributed by atoms with Crippen LogP contribution in [0, 0.1) is 0 Å². The third kappa shape index (κ3) is 5.45. The highest BCUT2D eigenvalue weighted by molar-refractivity contribution is 5.90. The maximum atomic E-state index is 12.6. The number of carbonyl (C=O) groups excluding carboxylic acids is 3. The predicted octanol–water partition coefficient (Wildman–Crippen LogP) is -0.0139. The number of nitrogens with zero attached hydrogens (tertiary/aromatic N) is 3. The van der Waals surface area contributed by atoms with Gasteiger partial charge in [-0.1, -0.05) is 6.58 Å². The number of carbonyl (C=O) groups is 3. The van der Waals surface area contributed by atoms with Crippen LogP contribution in [0.4, 0.5) is 13.2 Å². The van der Waals surface area contributed by atoms with Crippen molar-refractivity contribution < 1.29 is 27.6 Å². The molecule has 3 amide bonds. The van der Waals surface area contributed by atoms with E-state index in [2.05, 4.69) is 11.9 Å². The number of hydrogen-bond donors (Lipinski definition) is 1. The Bertz CT molecular complexity index is 559. The van der Waals surface area contributed by atoms with Crippen LogP contribution in [-0.2, 0) is 14.4 Å². The fourth-order valence-electron chi connectivity index (χ4n) is 3.26. The molecule has 0 aromatic carbocycles. The number of likely N-dealkylation sites (tertiary alicyclic amines) is 1. The molecule has 2 fully saturated rings. The second-order valence-electron chi connectivity index (χ2n) is 6.37. The minimum Gasteiger partial charge on any atom is -0.343 e. The van der Waals surface area contributed by atoms with E-state index in [4.69, 9.17) is 0 Å². The highest BCUT2D eigenvalue weighted by Crippen LogP contribution is 2.23. The second kappa shape index (κ2) is 8.52. The number of nitrogens with one attached hydrogen (secondary N) is 1. The highest BCUT2D eigenvalue weighted by atomic mass is 19.4. The molecule has 7 nitrogen and oxygen atoms in total. The maximum absolute atomic E-state index is 12.6. The van der Waals surface area contributed by atoms with Crippen molar-refractivity contribution in [2.24, 2.45) is 0 Å².